The molecule has 0 aliphatic heterocycles. The molecular weight excluding hydrogens is 260 g/mol. The highest BCUT2D eigenvalue weighted by Crippen LogP contribution is 2.40. The van der Waals surface area contributed by atoms with Gasteiger partial charge in [0.15, 0.2) is 11.5 Å². The molecule has 0 atom stereocenters. The summed E-state index contributed by atoms with van der Waals surface area (Å²) >= 11 is 0. The Balaban J connectivity index is 2.57. The summed E-state index contributed by atoms with van der Waals surface area (Å²) in [6.45, 7) is 0. The van der Waals surface area contributed by atoms with Gasteiger partial charge in [-0.05, 0) is 18.2 Å². The van der Waals surface area contributed by atoms with Gasteiger partial charge in [0, 0.05) is 13.2 Å². The van der Waals surface area contributed by atoms with E-state index in [9.17, 15) is 4.79 Å². The number of rotatable bonds is 5. The van der Waals surface area contributed by atoms with Crippen molar-refractivity contribution in [1.29, 1.82) is 0 Å². The van der Waals surface area contributed by atoms with Gasteiger partial charge in [-0.1, -0.05) is 0 Å². The average Bonchev–Trinajstić information content (AvgIpc) is 2.90. The minimum atomic E-state index is -0.192. The molecule has 1 heterocycles. The zero-order valence-corrected chi connectivity index (χ0v) is 11.8. The predicted molar refractivity (Wildman–Crippen MR) is 72.7 cm³/mol. The van der Waals surface area contributed by atoms with E-state index in [1.54, 1.807) is 31.4 Å². The Morgan fingerprint density at radius 3 is 2.25 bits per heavy atom. The molecule has 6 nitrogen and oxygen atoms in total. The van der Waals surface area contributed by atoms with Crippen LogP contribution in [0, 0.1) is 0 Å². The smallest absolute Gasteiger partial charge is 0.214 e. The monoisotopic (exact) mass is 276 g/mol. The summed E-state index contributed by atoms with van der Waals surface area (Å²) in [6.07, 6.45) is 1.57. The molecule has 2 rings (SSSR count). The fourth-order valence-corrected chi connectivity index (χ4v) is 2.01. The van der Waals surface area contributed by atoms with Crippen LogP contribution in [-0.4, -0.2) is 36.9 Å². The van der Waals surface area contributed by atoms with E-state index in [4.69, 9.17) is 14.2 Å². The van der Waals surface area contributed by atoms with Crippen LogP contribution in [0.2, 0.25) is 0 Å². The first-order valence-electron chi connectivity index (χ1n) is 5.95. The van der Waals surface area contributed by atoms with Gasteiger partial charge < -0.3 is 14.2 Å². The Kier molecular flexibility index (Phi) is 3.93. The zero-order chi connectivity index (χ0) is 14.7. The molecule has 1 aromatic heterocycles. The van der Waals surface area contributed by atoms with E-state index in [1.165, 1.54) is 26.0 Å². The minimum Gasteiger partial charge on any atom is -0.493 e. The molecule has 6 heteroatoms. The Labute approximate surface area is 116 Å². The fourth-order valence-electron chi connectivity index (χ4n) is 2.01. The number of aryl methyl sites for hydroxylation is 1. The van der Waals surface area contributed by atoms with Crippen LogP contribution in [0.4, 0.5) is 0 Å². The first kappa shape index (κ1) is 13.9. The van der Waals surface area contributed by atoms with Crippen molar-refractivity contribution in [3.8, 4) is 17.2 Å². The number of ether oxygens (including phenoxy) is 3. The molecule has 0 spiro atoms. The highest BCUT2D eigenvalue weighted by Gasteiger charge is 2.23. The van der Waals surface area contributed by atoms with Crippen molar-refractivity contribution in [2.24, 2.45) is 7.05 Å². The third-order valence-corrected chi connectivity index (χ3v) is 3.00. The van der Waals surface area contributed by atoms with Crippen LogP contribution in [0.5, 0.6) is 17.2 Å². The maximum absolute atomic E-state index is 12.5. The van der Waals surface area contributed by atoms with Crippen molar-refractivity contribution in [3.63, 3.8) is 0 Å². The van der Waals surface area contributed by atoms with Gasteiger partial charge in [0.1, 0.15) is 5.69 Å². The lowest BCUT2D eigenvalue weighted by atomic mass is 10.1. The maximum Gasteiger partial charge on any atom is 0.214 e. The van der Waals surface area contributed by atoms with Crippen LogP contribution in [0.1, 0.15) is 16.1 Å². The third-order valence-electron chi connectivity index (χ3n) is 3.00. The molecule has 0 aliphatic carbocycles. The van der Waals surface area contributed by atoms with Crippen molar-refractivity contribution < 1.29 is 19.0 Å². The molecule has 0 radical (unpaired) electrons. The molecule has 0 bridgehead atoms. The van der Waals surface area contributed by atoms with Gasteiger partial charge in [0.25, 0.3) is 0 Å². The van der Waals surface area contributed by atoms with E-state index >= 15 is 0 Å². The summed E-state index contributed by atoms with van der Waals surface area (Å²) in [7, 11) is 6.22. The number of nitrogens with zero attached hydrogens (tertiary/aromatic N) is 2. The van der Waals surface area contributed by atoms with Gasteiger partial charge in [0.2, 0.25) is 11.5 Å². The summed E-state index contributed by atoms with van der Waals surface area (Å²) in [5.41, 5.74) is 0.865. The van der Waals surface area contributed by atoms with Crippen molar-refractivity contribution >= 4 is 5.78 Å². The molecule has 0 unspecified atom stereocenters. The van der Waals surface area contributed by atoms with Crippen LogP contribution < -0.4 is 14.2 Å². The lowest BCUT2D eigenvalue weighted by Crippen LogP contribution is -2.10. The molecule has 0 saturated heterocycles. The molecule has 0 N–H and O–H groups in total. The molecule has 0 aliphatic rings. The fraction of sp³-hybridized carbons (Fsp3) is 0.286. The van der Waals surface area contributed by atoms with Crippen molar-refractivity contribution in [2.75, 3.05) is 21.3 Å². The summed E-state index contributed by atoms with van der Waals surface area (Å²) < 4.78 is 17.3. The molecule has 0 saturated carbocycles. The summed E-state index contributed by atoms with van der Waals surface area (Å²) in [6, 6.07) is 4.97. The second-order valence-corrected chi connectivity index (χ2v) is 4.05. The Hall–Kier alpha value is -2.50. The van der Waals surface area contributed by atoms with Gasteiger partial charge in [-0.2, -0.15) is 5.10 Å². The van der Waals surface area contributed by atoms with Gasteiger partial charge >= 0.3 is 0 Å². The van der Waals surface area contributed by atoms with Crippen LogP contribution in [0.3, 0.4) is 0 Å². The van der Waals surface area contributed by atoms with Crippen molar-refractivity contribution in [2.45, 2.75) is 0 Å². The van der Waals surface area contributed by atoms with Gasteiger partial charge in [0.05, 0.1) is 26.9 Å². The number of aromatic nitrogens is 2. The second kappa shape index (κ2) is 5.64. The Bertz CT molecular complexity index is 634. The number of hydrogen-bond donors (Lipinski definition) is 0. The molecule has 1 aromatic carbocycles. The number of benzene rings is 1. The topological polar surface area (TPSA) is 62.6 Å². The quantitative estimate of drug-likeness (QED) is 0.777. The lowest BCUT2D eigenvalue weighted by Gasteiger charge is -2.15. The van der Waals surface area contributed by atoms with Crippen molar-refractivity contribution in [3.05, 3.63) is 35.7 Å². The zero-order valence-electron chi connectivity index (χ0n) is 11.8. The van der Waals surface area contributed by atoms with E-state index in [0.29, 0.717) is 28.5 Å². The third kappa shape index (κ3) is 2.20. The number of methoxy groups -OCH3 is 3. The van der Waals surface area contributed by atoms with E-state index in [-0.39, 0.29) is 5.78 Å². The summed E-state index contributed by atoms with van der Waals surface area (Å²) in [4.78, 5) is 12.5. The minimum absolute atomic E-state index is 0.192. The Morgan fingerprint density at radius 2 is 1.75 bits per heavy atom. The van der Waals surface area contributed by atoms with E-state index < -0.39 is 0 Å². The first-order valence-corrected chi connectivity index (χ1v) is 5.95. The Morgan fingerprint density at radius 1 is 1.05 bits per heavy atom. The predicted octanol–water partition coefficient (Wildman–Crippen LogP) is 1.68. The normalized spacial score (nSPS) is 10.2. The number of carbonyl (C=O) groups is 1. The maximum atomic E-state index is 12.5. The van der Waals surface area contributed by atoms with Crippen LogP contribution >= 0.6 is 0 Å². The largest absolute Gasteiger partial charge is 0.493 e. The van der Waals surface area contributed by atoms with Gasteiger partial charge in [-0.15, -0.1) is 0 Å². The number of carbonyl (C=O) groups excluding carboxylic acids is 1. The summed E-state index contributed by atoms with van der Waals surface area (Å²) in [5.74, 6) is 1.05. The van der Waals surface area contributed by atoms with Gasteiger partial charge in [-0.3, -0.25) is 9.48 Å². The van der Waals surface area contributed by atoms with E-state index in [2.05, 4.69) is 5.10 Å². The molecule has 2 aromatic rings. The van der Waals surface area contributed by atoms with E-state index in [1.807, 2.05) is 0 Å². The molecule has 0 fully saturated rings. The lowest BCUT2D eigenvalue weighted by molar-refractivity contribution is 0.102. The number of ketones is 1. The average molecular weight is 276 g/mol. The highest BCUT2D eigenvalue weighted by atomic mass is 16.5. The standard InChI is InChI=1S/C14H16N2O4/c1-16-10(7-8-15-16)12(17)9-5-6-11(18-2)14(20-4)13(9)19-3/h5-8H,1-4H3. The molecule has 0 amide bonds. The number of hydrogen-bond acceptors (Lipinski definition) is 5. The SMILES string of the molecule is COc1ccc(C(=O)c2ccnn2C)c(OC)c1OC. The van der Waals surface area contributed by atoms with Crippen LogP contribution in [-0.2, 0) is 7.05 Å². The first-order chi connectivity index (χ1) is 9.63. The van der Waals surface area contributed by atoms with Crippen molar-refractivity contribution in [1.82, 2.24) is 9.78 Å². The second-order valence-electron chi connectivity index (χ2n) is 4.05. The van der Waals surface area contributed by atoms with Crippen LogP contribution in [0.15, 0.2) is 24.4 Å². The van der Waals surface area contributed by atoms with E-state index in [0.717, 1.165) is 0 Å². The summed E-state index contributed by atoms with van der Waals surface area (Å²) in [5, 5.41) is 3.99. The molecular formula is C14H16N2O4. The highest BCUT2D eigenvalue weighted by molar-refractivity contribution is 6.10. The molecule has 106 valence electrons. The molecule has 20 heavy (non-hydrogen) atoms. The van der Waals surface area contributed by atoms with Crippen LogP contribution in [0.25, 0.3) is 0 Å². The van der Waals surface area contributed by atoms with Gasteiger partial charge in [-0.25, -0.2) is 0 Å².